The molecule has 87 heavy (non-hydrogen) atoms. The van der Waals surface area contributed by atoms with Gasteiger partial charge in [-0.1, -0.05) is 110 Å². The minimum atomic E-state index is -2.17. The second-order valence-corrected chi connectivity index (χ2v) is 23.0. The van der Waals surface area contributed by atoms with Crippen LogP contribution in [0.3, 0.4) is 0 Å². The zero-order valence-electron chi connectivity index (χ0n) is 50.9. The minimum Gasteiger partial charge on any atom is -0.394 e. The molecule has 14 atom stereocenters. The van der Waals surface area contributed by atoms with E-state index in [-0.39, 0.29) is 51.1 Å². The molecule has 4 rings (SSSR count). The number of carbonyl (C=O) groups is 12. The molecule has 28 nitrogen and oxygen atoms in total. The number of nitrogens with two attached hydrogens (primary N) is 1. The molecular weight excluding hydrogens is 1130 g/mol. The van der Waals surface area contributed by atoms with E-state index in [4.69, 9.17) is 5.73 Å². The Bertz CT molecular complexity index is 2610. The van der Waals surface area contributed by atoms with E-state index >= 15 is 0 Å². The largest absolute Gasteiger partial charge is 0.394 e. The Morgan fingerprint density at radius 2 is 1.30 bits per heavy atom. The van der Waals surface area contributed by atoms with Gasteiger partial charge < -0.3 is 83.8 Å². The zero-order chi connectivity index (χ0) is 64.7. The third kappa shape index (κ3) is 21.1. The van der Waals surface area contributed by atoms with Crippen molar-refractivity contribution in [2.24, 2.45) is 23.5 Å². The molecule has 4 unspecified atom stereocenters. The fourth-order valence-corrected chi connectivity index (χ4v) is 10.6. The fourth-order valence-electron chi connectivity index (χ4n) is 10.6. The van der Waals surface area contributed by atoms with Crippen LogP contribution in [0.25, 0.3) is 0 Å². The van der Waals surface area contributed by atoms with Gasteiger partial charge in [0, 0.05) is 25.9 Å². The van der Waals surface area contributed by atoms with Crippen LogP contribution in [0.1, 0.15) is 131 Å². The van der Waals surface area contributed by atoms with Crippen LogP contribution in [0.5, 0.6) is 0 Å². The van der Waals surface area contributed by atoms with Gasteiger partial charge in [-0.05, 0) is 68.8 Å². The smallest absolute Gasteiger partial charge is 0.268 e. The molecule has 0 radical (unpaired) electrons. The number of aliphatic hydroxyl groups excluding tert-OH is 4. The lowest BCUT2D eigenvalue weighted by molar-refractivity contribution is -0.144. The number of hydrogen-bond donors (Lipinski definition) is 14. The van der Waals surface area contributed by atoms with Crippen molar-refractivity contribution in [1.29, 1.82) is 0 Å². The molecule has 1 aromatic rings. The number of allylic oxidation sites excluding steroid dienone is 1. The van der Waals surface area contributed by atoms with Crippen LogP contribution < -0.4 is 53.6 Å². The molecule has 0 aromatic heterocycles. The Balaban J connectivity index is 1.79. The predicted molar refractivity (Wildman–Crippen MR) is 315 cm³/mol. The van der Waals surface area contributed by atoms with Crippen LogP contribution in [-0.2, 0) is 64.0 Å². The van der Waals surface area contributed by atoms with E-state index in [1.165, 1.54) is 16.7 Å². The number of carbonyl (C=O) groups excluding carboxylic acids is 12. The van der Waals surface area contributed by atoms with Gasteiger partial charge >= 0.3 is 0 Å². The summed E-state index contributed by atoms with van der Waals surface area (Å²) in [4.78, 5) is 170. The van der Waals surface area contributed by atoms with E-state index in [0.29, 0.717) is 31.2 Å². The molecule has 28 heteroatoms. The molecule has 484 valence electrons. The lowest BCUT2D eigenvalue weighted by Gasteiger charge is -2.33. The number of amides is 12. The molecule has 0 aliphatic carbocycles. The highest BCUT2D eigenvalue weighted by Gasteiger charge is 2.44. The van der Waals surface area contributed by atoms with Crippen molar-refractivity contribution in [2.75, 3.05) is 32.8 Å². The fraction of sp³-hybridized carbons (Fsp3) is 0.661. The van der Waals surface area contributed by atoms with Gasteiger partial charge in [0.25, 0.3) is 11.8 Å². The number of rotatable bonds is 17. The molecule has 12 amide bonds. The van der Waals surface area contributed by atoms with Gasteiger partial charge in [0.05, 0.1) is 31.9 Å². The molecule has 15 N–H and O–H groups in total. The maximum Gasteiger partial charge on any atom is 0.268 e. The Kier molecular flexibility index (Phi) is 29.2. The number of nitrogens with one attached hydrogen (secondary N) is 9. The molecule has 3 saturated heterocycles. The third-order valence-corrected chi connectivity index (χ3v) is 16.2. The highest BCUT2D eigenvalue weighted by molar-refractivity contribution is 6.03. The van der Waals surface area contributed by atoms with Crippen molar-refractivity contribution in [2.45, 2.75) is 199 Å². The maximum absolute atomic E-state index is 14.6. The van der Waals surface area contributed by atoms with E-state index in [1.807, 2.05) is 6.92 Å². The highest BCUT2D eigenvalue weighted by atomic mass is 16.3. The van der Waals surface area contributed by atoms with Crippen LogP contribution in [0, 0.1) is 17.8 Å². The zero-order valence-corrected chi connectivity index (χ0v) is 50.9. The second kappa shape index (κ2) is 35.3. The average Bonchev–Trinajstić information content (AvgIpc) is 2.41. The summed E-state index contributed by atoms with van der Waals surface area (Å²) in [7, 11) is 0. The van der Waals surface area contributed by atoms with Crippen LogP contribution in [0.2, 0.25) is 0 Å². The van der Waals surface area contributed by atoms with Crippen molar-refractivity contribution < 1.29 is 78.0 Å². The number of fused-ring (bicyclic) bond motifs is 2. The summed E-state index contributed by atoms with van der Waals surface area (Å²) in [5.74, 6) is -12.7. The number of benzene rings is 1. The summed E-state index contributed by atoms with van der Waals surface area (Å²) >= 11 is 0. The molecular formula is C59H92N12O16. The first-order valence-electron chi connectivity index (χ1n) is 30.2. The van der Waals surface area contributed by atoms with Crippen molar-refractivity contribution in [3.8, 4) is 0 Å². The standard InChI is InChI=1S/C59H92N12O16/c1-8-12-14-20-36(74)27-39-49(77)58(86)63-38(22-23-45(60)75)50(78)61-28-46(76)71-29-32(5)25-44(71)56(84)65-40(26-35-18-15-13-16-19-35)52(80)68-47(33(6)9-2)57(85)67-41(30-72)53(81)62-37(11-4)51(79)66-42(31-73)54(82)69-48(34(7)10-3)59(87)70-24-17-21-43(70)55(83)64-39/h11,13,15-16,18-19,32-34,36,38-44,47-49,72-74,77H,8-10,12,14,17,20-31H2,1-7H3,(H2,60,75)(H,61,78)(H,62,81)(H,63,86)(H,64,83)(H,65,84)(H,66,79)(H,67,85)(H,68,80)(H,69,82)/b37-11+/t32?,33-,34-,36?,38+,39?,40-,41-,42-,43-,44-,47+,48+,49?/m0/s1. The van der Waals surface area contributed by atoms with Gasteiger partial charge in [-0.15, -0.1) is 0 Å². The first-order chi connectivity index (χ1) is 41.3. The Morgan fingerprint density at radius 3 is 1.92 bits per heavy atom. The van der Waals surface area contributed by atoms with E-state index in [1.54, 1.807) is 65.0 Å². The van der Waals surface area contributed by atoms with Crippen LogP contribution in [-0.4, -0.2) is 201 Å². The molecule has 3 heterocycles. The average molecular weight is 1230 g/mol. The Morgan fingerprint density at radius 1 is 0.701 bits per heavy atom. The Labute approximate surface area is 507 Å². The normalized spacial score (nSPS) is 28.4. The molecule has 1 aromatic carbocycles. The molecule has 3 aliphatic rings. The van der Waals surface area contributed by atoms with Crippen molar-refractivity contribution >= 4 is 70.9 Å². The number of aliphatic hydroxyl groups is 4. The molecule has 3 aliphatic heterocycles. The molecule has 3 fully saturated rings. The SMILES string of the molecule is C/C=C1/NC(=O)[C@H](CO)NC(=O)[C@@H]([C@@H](C)CC)NC(=O)[C@H](Cc2ccccc2)NC(=O)[C@@H]2CC(C)CN2C(=O)CNC(=O)[C@@H](CCC(N)=O)NC(=O)C(O)C(CC(O)CCCCC)NC(=O)[C@@H]2CCCN2C(=O)[C@@H]([C@@H](C)CC)NC(=O)[C@H](CO)NC1=O. The summed E-state index contributed by atoms with van der Waals surface area (Å²) in [5, 5.41) is 66.3. The lowest BCUT2D eigenvalue weighted by Crippen LogP contribution is -2.61. The minimum absolute atomic E-state index is 0.0127. The topological polar surface area (TPSA) is 427 Å². The van der Waals surface area contributed by atoms with Gasteiger partial charge in [-0.2, -0.15) is 0 Å². The molecule has 0 bridgehead atoms. The summed E-state index contributed by atoms with van der Waals surface area (Å²) in [5.41, 5.74) is 5.55. The quantitative estimate of drug-likeness (QED) is 0.0547. The van der Waals surface area contributed by atoms with Crippen LogP contribution >= 0.6 is 0 Å². The van der Waals surface area contributed by atoms with E-state index < -0.39 is 188 Å². The predicted octanol–water partition coefficient (Wildman–Crippen LogP) is -2.97. The molecule has 0 saturated carbocycles. The Hall–Kier alpha value is -7.56. The van der Waals surface area contributed by atoms with Crippen LogP contribution in [0.4, 0.5) is 0 Å². The summed E-state index contributed by atoms with van der Waals surface area (Å²) in [6.45, 7) is 9.12. The van der Waals surface area contributed by atoms with Crippen molar-refractivity contribution in [3.63, 3.8) is 0 Å². The van der Waals surface area contributed by atoms with Gasteiger partial charge in [-0.25, -0.2) is 0 Å². The first kappa shape index (κ1) is 71.9. The summed E-state index contributed by atoms with van der Waals surface area (Å²) in [6.07, 6.45) is -0.182. The van der Waals surface area contributed by atoms with Gasteiger partial charge in [0.1, 0.15) is 54.0 Å². The van der Waals surface area contributed by atoms with Gasteiger partial charge in [0.2, 0.25) is 59.1 Å². The summed E-state index contributed by atoms with van der Waals surface area (Å²) < 4.78 is 0. The lowest BCUT2D eigenvalue weighted by atomic mass is 9.96. The number of primary amides is 1. The van der Waals surface area contributed by atoms with Gasteiger partial charge in [-0.3, -0.25) is 57.5 Å². The molecule has 0 spiro atoms. The van der Waals surface area contributed by atoms with Crippen molar-refractivity contribution in [1.82, 2.24) is 57.7 Å². The van der Waals surface area contributed by atoms with Crippen LogP contribution in [0.15, 0.2) is 42.1 Å². The monoisotopic (exact) mass is 1220 g/mol. The van der Waals surface area contributed by atoms with Crippen molar-refractivity contribution in [3.05, 3.63) is 47.7 Å². The number of hydrogen-bond acceptors (Lipinski definition) is 16. The van der Waals surface area contributed by atoms with E-state index in [2.05, 4.69) is 47.9 Å². The number of unbranched alkanes of at least 4 members (excludes halogenated alkanes) is 2. The maximum atomic E-state index is 14.6. The van der Waals surface area contributed by atoms with E-state index in [9.17, 15) is 78.0 Å². The van der Waals surface area contributed by atoms with Gasteiger partial charge in [0.15, 0.2) is 6.10 Å². The highest BCUT2D eigenvalue weighted by Crippen LogP contribution is 2.25. The second-order valence-electron chi connectivity index (χ2n) is 23.0. The van der Waals surface area contributed by atoms with E-state index in [0.717, 1.165) is 18.9 Å². The number of nitrogens with zero attached hydrogens (tertiary/aromatic N) is 2. The summed E-state index contributed by atoms with van der Waals surface area (Å²) in [6, 6.07) is -4.65. The first-order valence-corrected chi connectivity index (χ1v) is 30.2. The third-order valence-electron chi connectivity index (χ3n) is 16.2.